The molecule has 5 heteroatoms. The summed E-state index contributed by atoms with van der Waals surface area (Å²) in [6, 6.07) is 9.67. The Bertz CT molecular complexity index is 511. The lowest BCUT2D eigenvalue weighted by molar-refractivity contribution is -0.126. The molecule has 1 aliphatic heterocycles. The van der Waals surface area contributed by atoms with Crippen molar-refractivity contribution in [2.75, 3.05) is 39.3 Å². The average Bonchev–Trinajstić information content (AvgIpc) is 2.60. The predicted molar refractivity (Wildman–Crippen MR) is 96.8 cm³/mol. The van der Waals surface area contributed by atoms with Crippen LogP contribution in [0.1, 0.15) is 32.8 Å². The van der Waals surface area contributed by atoms with Gasteiger partial charge in [-0.2, -0.15) is 0 Å². The molecule has 0 radical (unpaired) electrons. The van der Waals surface area contributed by atoms with Gasteiger partial charge in [0.05, 0.1) is 12.0 Å². The summed E-state index contributed by atoms with van der Waals surface area (Å²) in [5, 5.41) is 13.5. The summed E-state index contributed by atoms with van der Waals surface area (Å²) >= 11 is 0. The summed E-state index contributed by atoms with van der Waals surface area (Å²) in [6.07, 6.45) is 0.0767. The van der Waals surface area contributed by atoms with Gasteiger partial charge >= 0.3 is 0 Å². The van der Waals surface area contributed by atoms with Gasteiger partial charge in [0.2, 0.25) is 5.91 Å². The van der Waals surface area contributed by atoms with E-state index >= 15 is 0 Å². The van der Waals surface area contributed by atoms with Crippen LogP contribution in [0.25, 0.3) is 0 Å². The first-order valence-electron chi connectivity index (χ1n) is 8.93. The van der Waals surface area contributed by atoms with Crippen LogP contribution in [0.4, 0.5) is 0 Å². The maximum atomic E-state index is 12.2. The highest BCUT2D eigenvalue weighted by Gasteiger charge is 2.27. The maximum absolute atomic E-state index is 12.2. The van der Waals surface area contributed by atoms with E-state index < -0.39 is 5.60 Å². The summed E-state index contributed by atoms with van der Waals surface area (Å²) in [5.74, 6) is -0.108. The second kappa shape index (κ2) is 8.60. The van der Waals surface area contributed by atoms with Gasteiger partial charge in [-0.1, -0.05) is 37.3 Å². The van der Waals surface area contributed by atoms with E-state index in [2.05, 4.69) is 29.0 Å². The molecule has 1 aromatic carbocycles. The molecule has 2 atom stereocenters. The Labute approximate surface area is 145 Å². The summed E-state index contributed by atoms with van der Waals surface area (Å²) in [7, 11) is 0. The zero-order valence-electron chi connectivity index (χ0n) is 15.2. The minimum absolute atomic E-state index is 0.0767. The third-order valence-corrected chi connectivity index (χ3v) is 4.97. The first-order chi connectivity index (χ1) is 11.4. The SMILES string of the molecule is CCN1CCN(C(C)CNC(=O)CC(C)(O)c2ccccc2)CC1. The molecule has 1 fully saturated rings. The highest BCUT2D eigenvalue weighted by Crippen LogP contribution is 2.23. The normalized spacial score (nSPS) is 20.3. The Morgan fingerprint density at radius 3 is 2.46 bits per heavy atom. The quantitative estimate of drug-likeness (QED) is 0.792. The van der Waals surface area contributed by atoms with E-state index in [-0.39, 0.29) is 12.3 Å². The number of nitrogens with one attached hydrogen (secondary N) is 1. The van der Waals surface area contributed by atoms with Crippen LogP contribution in [0, 0.1) is 0 Å². The molecule has 1 heterocycles. The molecule has 0 bridgehead atoms. The maximum Gasteiger partial charge on any atom is 0.223 e. The van der Waals surface area contributed by atoms with E-state index in [0.717, 1.165) is 38.3 Å². The van der Waals surface area contributed by atoms with Crippen molar-refractivity contribution in [3.63, 3.8) is 0 Å². The van der Waals surface area contributed by atoms with Crippen LogP contribution < -0.4 is 5.32 Å². The van der Waals surface area contributed by atoms with Gasteiger partial charge in [-0.3, -0.25) is 9.69 Å². The smallest absolute Gasteiger partial charge is 0.223 e. The Morgan fingerprint density at radius 2 is 1.88 bits per heavy atom. The van der Waals surface area contributed by atoms with Crippen molar-refractivity contribution >= 4 is 5.91 Å². The van der Waals surface area contributed by atoms with Crippen molar-refractivity contribution in [1.29, 1.82) is 0 Å². The minimum atomic E-state index is -1.14. The fourth-order valence-electron chi connectivity index (χ4n) is 3.19. The van der Waals surface area contributed by atoms with Crippen molar-refractivity contribution in [2.24, 2.45) is 0 Å². The van der Waals surface area contributed by atoms with E-state index in [0.29, 0.717) is 12.6 Å². The van der Waals surface area contributed by atoms with E-state index in [1.54, 1.807) is 6.92 Å². The Kier molecular flexibility index (Phi) is 6.78. The van der Waals surface area contributed by atoms with Crippen LogP contribution in [0.2, 0.25) is 0 Å². The first kappa shape index (κ1) is 18.9. The highest BCUT2D eigenvalue weighted by molar-refractivity contribution is 5.77. The number of carbonyl (C=O) groups excluding carboxylic acids is 1. The van der Waals surface area contributed by atoms with E-state index in [4.69, 9.17) is 0 Å². The molecule has 0 aromatic heterocycles. The third kappa shape index (κ3) is 5.30. The number of carbonyl (C=O) groups is 1. The van der Waals surface area contributed by atoms with Crippen molar-refractivity contribution in [3.8, 4) is 0 Å². The molecular formula is C19H31N3O2. The Balaban J connectivity index is 1.76. The number of hydrogen-bond donors (Lipinski definition) is 2. The zero-order chi connectivity index (χ0) is 17.6. The molecular weight excluding hydrogens is 302 g/mol. The Morgan fingerprint density at radius 1 is 1.25 bits per heavy atom. The fraction of sp³-hybridized carbons (Fsp3) is 0.632. The van der Waals surface area contributed by atoms with E-state index in [1.807, 2.05) is 30.3 Å². The van der Waals surface area contributed by atoms with Gasteiger partial charge in [-0.25, -0.2) is 0 Å². The molecule has 5 nitrogen and oxygen atoms in total. The second-order valence-electron chi connectivity index (χ2n) is 6.94. The van der Waals surface area contributed by atoms with Gasteiger partial charge in [0.15, 0.2) is 0 Å². The molecule has 0 saturated carbocycles. The number of likely N-dealkylation sites (N-methyl/N-ethyl adjacent to an activating group) is 1. The number of aliphatic hydroxyl groups is 1. The molecule has 2 rings (SSSR count). The molecule has 24 heavy (non-hydrogen) atoms. The molecule has 1 aromatic rings. The summed E-state index contributed by atoms with van der Waals surface area (Å²) in [6.45, 7) is 12.0. The van der Waals surface area contributed by atoms with Crippen molar-refractivity contribution < 1.29 is 9.90 Å². The Hall–Kier alpha value is -1.43. The molecule has 1 amide bonds. The number of piperazine rings is 1. The molecule has 2 unspecified atom stereocenters. The molecule has 1 saturated heterocycles. The fourth-order valence-corrected chi connectivity index (χ4v) is 3.19. The van der Waals surface area contributed by atoms with Gasteiger partial charge < -0.3 is 15.3 Å². The average molecular weight is 333 g/mol. The van der Waals surface area contributed by atoms with Gasteiger partial charge in [0, 0.05) is 38.8 Å². The highest BCUT2D eigenvalue weighted by atomic mass is 16.3. The lowest BCUT2D eigenvalue weighted by Gasteiger charge is -2.37. The number of nitrogens with zero attached hydrogens (tertiary/aromatic N) is 2. The minimum Gasteiger partial charge on any atom is -0.385 e. The molecule has 1 aliphatic rings. The standard InChI is InChI=1S/C19H31N3O2/c1-4-21-10-12-22(13-11-21)16(2)15-20-18(23)14-19(3,24)17-8-6-5-7-9-17/h5-9,16,24H,4,10-15H2,1-3H3,(H,20,23). The van der Waals surface area contributed by atoms with Gasteiger partial charge in [0.25, 0.3) is 0 Å². The van der Waals surface area contributed by atoms with Crippen LogP contribution in [-0.2, 0) is 10.4 Å². The largest absolute Gasteiger partial charge is 0.385 e. The zero-order valence-corrected chi connectivity index (χ0v) is 15.2. The van der Waals surface area contributed by atoms with Crippen LogP contribution in [-0.4, -0.2) is 66.1 Å². The number of rotatable bonds is 7. The molecule has 0 aliphatic carbocycles. The monoisotopic (exact) mass is 333 g/mol. The first-order valence-corrected chi connectivity index (χ1v) is 8.93. The lowest BCUT2D eigenvalue weighted by atomic mass is 9.92. The van der Waals surface area contributed by atoms with Crippen LogP contribution in [0.3, 0.4) is 0 Å². The number of hydrogen-bond acceptors (Lipinski definition) is 4. The summed E-state index contributed by atoms with van der Waals surface area (Å²) in [5.41, 5.74) is -0.370. The number of benzene rings is 1. The molecule has 2 N–H and O–H groups in total. The summed E-state index contributed by atoms with van der Waals surface area (Å²) < 4.78 is 0. The topological polar surface area (TPSA) is 55.8 Å². The van der Waals surface area contributed by atoms with Crippen molar-refractivity contribution in [2.45, 2.75) is 38.8 Å². The molecule has 0 spiro atoms. The van der Waals surface area contributed by atoms with Crippen molar-refractivity contribution in [3.05, 3.63) is 35.9 Å². The van der Waals surface area contributed by atoms with Crippen LogP contribution in [0.5, 0.6) is 0 Å². The second-order valence-corrected chi connectivity index (χ2v) is 6.94. The molecule has 134 valence electrons. The third-order valence-electron chi connectivity index (χ3n) is 4.97. The van der Waals surface area contributed by atoms with E-state index in [9.17, 15) is 9.90 Å². The van der Waals surface area contributed by atoms with Crippen LogP contribution >= 0.6 is 0 Å². The van der Waals surface area contributed by atoms with Crippen LogP contribution in [0.15, 0.2) is 30.3 Å². The van der Waals surface area contributed by atoms with Gasteiger partial charge in [-0.15, -0.1) is 0 Å². The number of amides is 1. The van der Waals surface area contributed by atoms with Gasteiger partial charge in [0.1, 0.15) is 0 Å². The summed E-state index contributed by atoms with van der Waals surface area (Å²) in [4.78, 5) is 17.1. The van der Waals surface area contributed by atoms with Crippen molar-refractivity contribution in [1.82, 2.24) is 15.1 Å². The predicted octanol–water partition coefficient (Wildman–Crippen LogP) is 1.43. The lowest BCUT2D eigenvalue weighted by Crippen LogP contribution is -2.52. The van der Waals surface area contributed by atoms with Gasteiger partial charge in [-0.05, 0) is 26.0 Å². The van der Waals surface area contributed by atoms with E-state index in [1.165, 1.54) is 0 Å².